The highest BCUT2D eigenvalue weighted by Gasteiger charge is 2.19. The zero-order valence-corrected chi connectivity index (χ0v) is 13.3. The summed E-state index contributed by atoms with van der Waals surface area (Å²) in [7, 11) is 0. The van der Waals surface area contributed by atoms with Crippen molar-refractivity contribution in [1.82, 2.24) is 4.98 Å². The number of benzene rings is 1. The molecule has 2 heterocycles. The van der Waals surface area contributed by atoms with E-state index in [1.807, 2.05) is 11.4 Å². The summed E-state index contributed by atoms with van der Waals surface area (Å²) in [6.45, 7) is 0. The quantitative estimate of drug-likeness (QED) is 0.587. The lowest BCUT2D eigenvalue weighted by Gasteiger charge is -2.00. The van der Waals surface area contributed by atoms with Crippen LogP contribution in [-0.4, -0.2) is 10.8 Å². The first-order valence-electron chi connectivity index (χ1n) is 5.31. The molecule has 0 spiro atoms. The number of aromatic nitrogens is 1. The standard InChI is InChI=1S/C13H6BrCl2NOS/c14-8-1-2-19-13(8)12(18)7-5-17-10-4-6(15)3-9(16)11(7)10/h1-5,17H. The molecule has 0 unspecified atom stereocenters. The minimum Gasteiger partial charge on any atom is -0.360 e. The highest BCUT2D eigenvalue weighted by atomic mass is 79.9. The van der Waals surface area contributed by atoms with Crippen molar-refractivity contribution in [1.29, 1.82) is 0 Å². The van der Waals surface area contributed by atoms with Gasteiger partial charge in [-0.3, -0.25) is 4.79 Å². The largest absolute Gasteiger partial charge is 0.360 e. The lowest BCUT2D eigenvalue weighted by molar-refractivity contribution is 0.104. The Balaban J connectivity index is 2.22. The van der Waals surface area contributed by atoms with E-state index in [4.69, 9.17) is 23.2 Å². The van der Waals surface area contributed by atoms with Crippen molar-refractivity contribution in [2.24, 2.45) is 0 Å². The lowest BCUT2D eigenvalue weighted by Crippen LogP contribution is -1.98. The van der Waals surface area contributed by atoms with Gasteiger partial charge in [-0.15, -0.1) is 11.3 Å². The Kier molecular flexibility index (Phi) is 3.43. The number of thiophene rings is 1. The predicted molar refractivity (Wildman–Crippen MR) is 83.8 cm³/mol. The molecule has 6 heteroatoms. The Hall–Kier alpha value is -0.810. The van der Waals surface area contributed by atoms with Crippen LogP contribution in [0.3, 0.4) is 0 Å². The van der Waals surface area contributed by atoms with E-state index < -0.39 is 0 Å². The third-order valence-electron chi connectivity index (χ3n) is 2.76. The summed E-state index contributed by atoms with van der Waals surface area (Å²) in [4.78, 5) is 16.2. The maximum atomic E-state index is 12.5. The van der Waals surface area contributed by atoms with Gasteiger partial charge in [-0.25, -0.2) is 0 Å². The maximum Gasteiger partial charge on any atom is 0.206 e. The molecule has 96 valence electrons. The highest BCUT2D eigenvalue weighted by molar-refractivity contribution is 9.10. The van der Waals surface area contributed by atoms with E-state index in [0.717, 1.165) is 9.99 Å². The summed E-state index contributed by atoms with van der Waals surface area (Å²) < 4.78 is 0.793. The van der Waals surface area contributed by atoms with Gasteiger partial charge in [0.2, 0.25) is 5.78 Å². The van der Waals surface area contributed by atoms with Gasteiger partial charge in [-0.1, -0.05) is 23.2 Å². The number of rotatable bonds is 2. The van der Waals surface area contributed by atoms with Gasteiger partial charge in [0, 0.05) is 26.6 Å². The SMILES string of the molecule is O=C(c1sccc1Br)c1c[nH]c2cc(Cl)cc(Cl)c12. The van der Waals surface area contributed by atoms with Crippen LogP contribution in [0.15, 0.2) is 34.2 Å². The number of halogens is 3. The Morgan fingerprint density at radius 1 is 1.32 bits per heavy atom. The number of carbonyl (C=O) groups is 1. The van der Waals surface area contributed by atoms with Crippen molar-refractivity contribution in [3.8, 4) is 0 Å². The average Bonchev–Trinajstić information content (AvgIpc) is 2.94. The van der Waals surface area contributed by atoms with Crippen LogP contribution in [0, 0.1) is 0 Å². The van der Waals surface area contributed by atoms with Crippen molar-refractivity contribution >= 4 is 67.2 Å². The van der Waals surface area contributed by atoms with E-state index in [0.29, 0.717) is 25.9 Å². The summed E-state index contributed by atoms with van der Waals surface area (Å²) in [6.07, 6.45) is 1.67. The molecule has 2 aromatic heterocycles. The number of carbonyl (C=O) groups excluding carboxylic acids is 1. The topological polar surface area (TPSA) is 32.9 Å². The molecule has 0 saturated carbocycles. The molecule has 1 N–H and O–H groups in total. The van der Waals surface area contributed by atoms with Crippen molar-refractivity contribution in [3.63, 3.8) is 0 Å². The van der Waals surface area contributed by atoms with Gasteiger partial charge < -0.3 is 4.98 Å². The first kappa shape index (κ1) is 13.2. The number of hydrogen-bond donors (Lipinski definition) is 1. The maximum absolute atomic E-state index is 12.5. The Labute approximate surface area is 131 Å². The summed E-state index contributed by atoms with van der Waals surface area (Å²) in [5, 5.41) is 3.58. The molecule has 0 aliphatic rings. The highest BCUT2D eigenvalue weighted by Crippen LogP contribution is 2.33. The van der Waals surface area contributed by atoms with Crippen LogP contribution in [0.5, 0.6) is 0 Å². The fourth-order valence-corrected chi connectivity index (χ4v) is 4.04. The van der Waals surface area contributed by atoms with E-state index in [-0.39, 0.29) is 5.78 Å². The van der Waals surface area contributed by atoms with Crippen LogP contribution in [-0.2, 0) is 0 Å². The molecular formula is C13H6BrCl2NOS. The fraction of sp³-hybridized carbons (Fsp3) is 0. The van der Waals surface area contributed by atoms with E-state index in [2.05, 4.69) is 20.9 Å². The van der Waals surface area contributed by atoms with Gasteiger partial charge in [-0.05, 0) is 39.5 Å². The van der Waals surface area contributed by atoms with Gasteiger partial charge in [-0.2, -0.15) is 0 Å². The number of aromatic amines is 1. The van der Waals surface area contributed by atoms with Crippen LogP contribution in [0.1, 0.15) is 15.2 Å². The molecule has 1 aromatic carbocycles. The van der Waals surface area contributed by atoms with Gasteiger partial charge in [0.1, 0.15) is 0 Å². The molecule has 0 aliphatic heterocycles. The van der Waals surface area contributed by atoms with Crippen molar-refractivity contribution in [3.05, 3.63) is 54.7 Å². The number of H-pyrrole nitrogens is 1. The second-order valence-corrected chi connectivity index (χ2v) is 6.55. The van der Waals surface area contributed by atoms with Gasteiger partial charge >= 0.3 is 0 Å². The monoisotopic (exact) mass is 373 g/mol. The van der Waals surface area contributed by atoms with Crippen LogP contribution in [0.2, 0.25) is 10.0 Å². The third-order valence-corrected chi connectivity index (χ3v) is 5.12. The summed E-state index contributed by atoms with van der Waals surface area (Å²) >= 11 is 16.9. The minimum atomic E-state index is -0.0580. The molecule has 0 amide bonds. The van der Waals surface area contributed by atoms with E-state index in [1.54, 1.807) is 18.3 Å². The number of ketones is 1. The Morgan fingerprint density at radius 2 is 2.11 bits per heavy atom. The Bertz CT molecular complexity index is 793. The van der Waals surface area contributed by atoms with Crippen molar-refractivity contribution < 1.29 is 4.79 Å². The molecule has 0 radical (unpaired) electrons. The van der Waals surface area contributed by atoms with Gasteiger partial charge in [0.25, 0.3) is 0 Å². The van der Waals surface area contributed by atoms with Crippen LogP contribution >= 0.6 is 50.5 Å². The number of nitrogens with one attached hydrogen (secondary N) is 1. The predicted octanol–water partition coefficient (Wildman–Crippen LogP) is 5.53. The van der Waals surface area contributed by atoms with Crippen molar-refractivity contribution in [2.75, 3.05) is 0 Å². The molecule has 3 aromatic rings. The van der Waals surface area contributed by atoms with E-state index in [1.165, 1.54) is 11.3 Å². The summed E-state index contributed by atoms with van der Waals surface area (Å²) in [6, 6.07) is 5.24. The summed E-state index contributed by atoms with van der Waals surface area (Å²) in [5.41, 5.74) is 1.31. The molecule has 0 atom stereocenters. The van der Waals surface area contributed by atoms with Crippen LogP contribution < -0.4 is 0 Å². The van der Waals surface area contributed by atoms with Crippen LogP contribution in [0.4, 0.5) is 0 Å². The van der Waals surface area contributed by atoms with Crippen LogP contribution in [0.25, 0.3) is 10.9 Å². The number of fused-ring (bicyclic) bond motifs is 1. The fourth-order valence-electron chi connectivity index (χ4n) is 1.94. The molecule has 0 aliphatic carbocycles. The molecule has 19 heavy (non-hydrogen) atoms. The first-order valence-corrected chi connectivity index (χ1v) is 7.74. The molecule has 2 nitrogen and oxygen atoms in total. The molecule has 3 rings (SSSR count). The first-order chi connectivity index (χ1) is 9.08. The van der Waals surface area contributed by atoms with E-state index in [9.17, 15) is 4.79 Å². The zero-order valence-electron chi connectivity index (χ0n) is 9.34. The van der Waals surface area contributed by atoms with E-state index >= 15 is 0 Å². The van der Waals surface area contributed by atoms with Gasteiger partial charge in [0.05, 0.1) is 15.5 Å². The average molecular weight is 375 g/mol. The second-order valence-electron chi connectivity index (χ2n) is 3.94. The normalized spacial score (nSPS) is 11.1. The zero-order chi connectivity index (χ0) is 13.6. The van der Waals surface area contributed by atoms with Gasteiger partial charge in [0.15, 0.2) is 0 Å². The smallest absolute Gasteiger partial charge is 0.206 e. The summed E-state index contributed by atoms with van der Waals surface area (Å²) in [5.74, 6) is -0.0580. The molecule has 0 saturated heterocycles. The number of hydrogen-bond acceptors (Lipinski definition) is 2. The molecule has 0 fully saturated rings. The third kappa shape index (κ3) is 2.23. The lowest BCUT2D eigenvalue weighted by atomic mass is 10.1. The molecule has 0 bridgehead atoms. The Morgan fingerprint density at radius 3 is 2.79 bits per heavy atom. The van der Waals surface area contributed by atoms with Crippen molar-refractivity contribution in [2.45, 2.75) is 0 Å². The second kappa shape index (κ2) is 4.94. The minimum absolute atomic E-state index is 0.0580. The molecular weight excluding hydrogens is 369 g/mol.